The molecule has 1 aromatic carbocycles. The minimum atomic E-state index is -0.398. The summed E-state index contributed by atoms with van der Waals surface area (Å²) in [5.41, 5.74) is 1.52. The number of hydrogen-bond acceptors (Lipinski definition) is 4. The van der Waals surface area contributed by atoms with Gasteiger partial charge in [0.05, 0.1) is 17.9 Å². The number of rotatable bonds is 5. The summed E-state index contributed by atoms with van der Waals surface area (Å²) in [6.45, 7) is 1.67. The minimum absolute atomic E-state index is 0.0486. The topological polar surface area (TPSA) is 88.9 Å². The molecule has 22 heavy (non-hydrogen) atoms. The molecule has 0 aliphatic heterocycles. The Balaban J connectivity index is 1.65. The van der Waals surface area contributed by atoms with Crippen LogP contribution in [0.5, 0.6) is 0 Å². The van der Waals surface area contributed by atoms with Gasteiger partial charge in [-0.15, -0.1) is 5.10 Å². The van der Waals surface area contributed by atoms with Gasteiger partial charge in [-0.1, -0.05) is 18.2 Å². The summed E-state index contributed by atoms with van der Waals surface area (Å²) in [6, 6.07) is 9.62. The maximum atomic E-state index is 12.1. The van der Waals surface area contributed by atoms with Crippen LogP contribution in [0.2, 0.25) is 0 Å². The van der Waals surface area contributed by atoms with E-state index in [-0.39, 0.29) is 24.2 Å². The van der Waals surface area contributed by atoms with Crippen molar-refractivity contribution < 1.29 is 9.59 Å². The Hall–Kier alpha value is -2.70. The number of nitrogens with one attached hydrogen (secondary N) is 2. The minimum Gasteiger partial charge on any atom is -0.352 e. The molecule has 1 aromatic heterocycles. The van der Waals surface area contributed by atoms with E-state index in [4.69, 9.17) is 0 Å². The molecular weight excluding hydrogens is 282 g/mol. The second-order valence-electron chi connectivity index (χ2n) is 5.28. The lowest BCUT2D eigenvalue weighted by Gasteiger charge is -2.04. The first kappa shape index (κ1) is 14.2. The lowest BCUT2D eigenvalue weighted by atomic mass is 10.3. The van der Waals surface area contributed by atoms with Crippen molar-refractivity contribution in [3.8, 4) is 5.69 Å². The molecule has 2 aromatic rings. The Morgan fingerprint density at radius 1 is 1.23 bits per heavy atom. The van der Waals surface area contributed by atoms with Crippen LogP contribution in [0.25, 0.3) is 5.69 Å². The first-order chi connectivity index (χ1) is 10.6. The number of carbonyl (C=O) groups excluding carboxylic acids is 2. The highest BCUT2D eigenvalue weighted by atomic mass is 16.2. The first-order valence-electron chi connectivity index (χ1n) is 7.20. The molecule has 1 fully saturated rings. The fourth-order valence-corrected chi connectivity index (χ4v) is 2.02. The predicted molar refractivity (Wildman–Crippen MR) is 79.6 cm³/mol. The Labute approximate surface area is 127 Å². The molecule has 0 bridgehead atoms. The number of aromatic nitrogens is 3. The van der Waals surface area contributed by atoms with Crippen LogP contribution >= 0.6 is 0 Å². The molecule has 114 valence electrons. The normalized spacial score (nSPS) is 13.7. The van der Waals surface area contributed by atoms with Gasteiger partial charge in [0.25, 0.3) is 5.91 Å². The van der Waals surface area contributed by atoms with Gasteiger partial charge in [0.1, 0.15) is 0 Å². The van der Waals surface area contributed by atoms with Crippen LogP contribution in [0.15, 0.2) is 30.3 Å². The Bertz CT molecular complexity index is 691. The molecule has 1 aliphatic rings. The van der Waals surface area contributed by atoms with Crippen molar-refractivity contribution in [2.45, 2.75) is 25.8 Å². The zero-order valence-corrected chi connectivity index (χ0v) is 12.2. The average molecular weight is 299 g/mol. The molecule has 3 rings (SSSR count). The molecule has 0 unspecified atom stereocenters. The van der Waals surface area contributed by atoms with Crippen molar-refractivity contribution in [3.63, 3.8) is 0 Å². The Morgan fingerprint density at radius 2 is 1.95 bits per heavy atom. The highest BCUT2D eigenvalue weighted by Crippen LogP contribution is 2.18. The fraction of sp³-hybridized carbons (Fsp3) is 0.333. The average Bonchev–Trinajstić information content (AvgIpc) is 3.25. The summed E-state index contributed by atoms with van der Waals surface area (Å²) in [6.07, 6.45) is 2.04. The molecule has 7 nitrogen and oxygen atoms in total. The van der Waals surface area contributed by atoms with E-state index >= 15 is 0 Å². The Kier molecular flexibility index (Phi) is 3.86. The number of aryl methyl sites for hydroxylation is 1. The molecule has 1 heterocycles. The van der Waals surface area contributed by atoms with Gasteiger partial charge in [0, 0.05) is 6.04 Å². The van der Waals surface area contributed by atoms with Gasteiger partial charge >= 0.3 is 0 Å². The lowest BCUT2D eigenvalue weighted by Crippen LogP contribution is -2.38. The molecule has 0 radical (unpaired) electrons. The monoisotopic (exact) mass is 299 g/mol. The van der Waals surface area contributed by atoms with E-state index < -0.39 is 5.91 Å². The lowest BCUT2D eigenvalue weighted by molar-refractivity contribution is -0.120. The van der Waals surface area contributed by atoms with Gasteiger partial charge in [0.15, 0.2) is 5.69 Å². The van der Waals surface area contributed by atoms with Crippen molar-refractivity contribution in [3.05, 3.63) is 41.7 Å². The third-order valence-corrected chi connectivity index (χ3v) is 3.34. The van der Waals surface area contributed by atoms with Crippen LogP contribution in [0, 0.1) is 6.92 Å². The van der Waals surface area contributed by atoms with Crippen LogP contribution in [0.1, 0.15) is 29.0 Å². The molecule has 0 atom stereocenters. The van der Waals surface area contributed by atoms with E-state index in [0.717, 1.165) is 18.5 Å². The van der Waals surface area contributed by atoms with E-state index in [1.54, 1.807) is 6.92 Å². The summed E-state index contributed by atoms with van der Waals surface area (Å²) in [4.78, 5) is 25.1. The summed E-state index contributed by atoms with van der Waals surface area (Å²) in [5.74, 6) is -0.574. The quantitative estimate of drug-likeness (QED) is 0.845. The van der Waals surface area contributed by atoms with Gasteiger partial charge in [-0.2, -0.15) is 9.90 Å². The summed E-state index contributed by atoms with van der Waals surface area (Å²) in [7, 11) is 0. The van der Waals surface area contributed by atoms with E-state index in [0.29, 0.717) is 5.69 Å². The second kappa shape index (κ2) is 5.97. The first-order valence-corrected chi connectivity index (χ1v) is 7.20. The maximum absolute atomic E-state index is 12.1. The number of amides is 2. The predicted octanol–water partition coefficient (Wildman–Crippen LogP) is 0.584. The standard InChI is InChI=1S/C15H17N5O2/c1-10-14(15(22)16-9-13(21)17-11-7-8-11)19-20(18-10)12-5-3-2-4-6-12/h2-6,11H,7-9H2,1H3,(H,16,22)(H,17,21). The van der Waals surface area contributed by atoms with Crippen LogP contribution in [-0.2, 0) is 4.79 Å². The SMILES string of the molecule is Cc1nn(-c2ccccc2)nc1C(=O)NCC(=O)NC1CC1. The molecule has 0 spiro atoms. The van der Waals surface area contributed by atoms with Crippen molar-refractivity contribution in [1.29, 1.82) is 0 Å². The van der Waals surface area contributed by atoms with Crippen LogP contribution in [-0.4, -0.2) is 39.4 Å². The van der Waals surface area contributed by atoms with E-state index in [1.807, 2.05) is 30.3 Å². The fourth-order valence-electron chi connectivity index (χ4n) is 2.02. The summed E-state index contributed by atoms with van der Waals surface area (Å²) in [5, 5.41) is 13.8. The van der Waals surface area contributed by atoms with Gasteiger partial charge in [-0.3, -0.25) is 9.59 Å². The summed E-state index contributed by atoms with van der Waals surface area (Å²) < 4.78 is 0. The molecule has 1 aliphatic carbocycles. The molecule has 2 amide bonds. The van der Waals surface area contributed by atoms with Crippen molar-refractivity contribution >= 4 is 11.8 Å². The van der Waals surface area contributed by atoms with Gasteiger partial charge < -0.3 is 10.6 Å². The van der Waals surface area contributed by atoms with Crippen LogP contribution in [0.3, 0.4) is 0 Å². The van der Waals surface area contributed by atoms with Crippen molar-refractivity contribution in [2.24, 2.45) is 0 Å². The Morgan fingerprint density at radius 3 is 2.64 bits per heavy atom. The maximum Gasteiger partial charge on any atom is 0.274 e. The molecule has 2 N–H and O–H groups in total. The molecular formula is C15H17N5O2. The van der Waals surface area contributed by atoms with Crippen molar-refractivity contribution in [1.82, 2.24) is 25.6 Å². The van der Waals surface area contributed by atoms with E-state index in [2.05, 4.69) is 20.8 Å². The molecule has 7 heteroatoms. The summed E-state index contributed by atoms with van der Waals surface area (Å²) >= 11 is 0. The van der Waals surface area contributed by atoms with Crippen molar-refractivity contribution in [2.75, 3.05) is 6.54 Å². The number of para-hydroxylation sites is 1. The largest absolute Gasteiger partial charge is 0.352 e. The molecule has 0 saturated heterocycles. The van der Waals surface area contributed by atoms with Gasteiger partial charge in [-0.25, -0.2) is 0 Å². The van der Waals surface area contributed by atoms with E-state index in [1.165, 1.54) is 4.80 Å². The highest BCUT2D eigenvalue weighted by Gasteiger charge is 2.23. The van der Waals surface area contributed by atoms with E-state index in [9.17, 15) is 9.59 Å². The number of benzene rings is 1. The van der Waals surface area contributed by atoms with Crippen LogP contribution in [0.4, 0.5) is 0 Å². The zero-order valence-electron chi connectivity index (χ0n) is 12.2. The molecule has 1 saturated carbocycles. The van der Waals surface area contributed by atoms with Gasteiger partial charge in [0.2, 0.25) is 5.91 Å². The smallest absolute Gasteiger partial charge is 0.274 e. The third-order valence-electron chi connectivity index (χ3n) is 3.34. The second-order valence-corrected chi connectivity index (χ2v) is 5.28. The zero-order chi connectivity index (χ0) is 15.5. The number of carbonyl (C=O) groups is 2. The third kappa shape index (κ3) is 3.30. The van der Waals surface area contributed by atoms with Gasteiger partial charge in [-0.05, 0) is 31.9 Å². The van der Waals surface area contributed by atoms with Crippen LogP contribution < -0.4 is 10.6 Å². The number of hydrogen-bond donors (Lipinski definition) is 2. The number of nitrogens with zero attached hydrogens (tertiary/aromatic N) is 3. The highest BCUT2D eigenvalue weighted by molar-refractivity contribution is 5.95.